The Morgan fingerprint density at radius 1 is 1.23 bits per heavy atom. The van der Waals surface area contributed by atoms with Crippen LogP contribution in [0.1, 0.15) is 18.1 Å². The first-order valence-corrected chi connectivity index (χ1v) is 8.33. The van der Waals surface area contributed by atoms with Gasteiger partial charge in [0, 0.05) is 18.3 Å². The summed E-state index contributed by atoms with van der Waals surface area (Å²) in [5, 5.41) is 7.14. The fourth-order valence-electron chi connectivity index (χ4n) is 2.47. The molecule has 1 atom stereocenters. The second-order valence-corrected chi connectivity index (χ2v) is 6.01. The van der Waals surface area contributed by atoms with Crippen LogP contribution in [-0.2, 0) is 11.3 Å². The van der Waals surface area contributed by atoms with Gasteiger partial charge >= 0.3 is 0 Å². The third-order valence-electron chi connectivity index (χ3n) is 3.89. The average molecular weight is 353 g/mol. The smallest absolute Gasteiger partial charge is 0.261 e. The zero-order valence-corrected chi connectivity index (χ0v) is 14.6. The molecule has 6 heteroatoms. The van der Waals surface area contributed by atoms with Crippen molar-refractivity contribution < 1.29 is 13.9 Å². The number of ether oxygens (including phenoxy) is 1. The average Bonchev–Trinajstić information content (AvgIpc) is 3.01. The zero-order chi connectivity index (χ0) is 18.5. The number of hydrogen-bond acceptors (Lipinski definition) is 3. The standard InChI is InChI=1S/C20H20FN3O2/c1-14-13-24(18-9-4-3-5-10-18)23-20(14)26-15(2)19(25)22-12-16-7-6-8-17(21)11-16/h3-11,13,15H,12H2,1-2H3,(H,22,25). The van der Waals surface area contributed by atoms with Crippen molar-refractivity contribution in [1.82, 2.24) is 15.1 Å². The molecule has 26 heavy (non-hydrogen) atoms. The molecule has 0 bridgehead atoms. The quantitative estimate of drug-likeness (QED) is 0.739. The summed E-state index contributed by atoms with van der Waals surface area (Å²) in [5.41, 5.74) is 2.43. The first-order valence-electron chi connectivity index (χ1n) is 8.33. The van der Waals surface area contributed by atoms with Crippen LogP contribution < -0.4 is 10.1 Å². The van der Waals surface area contributed by atoms with E-state index in [0.717, 1.165) is 11.3 Å². The molecular formula is C20H20FN3O2. The van der Waals surface area contributed by atoms with Crippen molar-refractivity contribution >= 4 is 5.91 Å². The molecule has 1 N–H and O–H groups in total. The van der Waals surface area contributed by atoms with Gasteiger partial charge in [-0.15, -0.1) is 5.10 Å². The first-order chi connectivity index (χ1) is 12.5. The van der Waals surface area contributed by atoms with Gasteiger partial charge in [0.05, 0.1) is 5.69 Å². The molecule has 1 aromatic heterocycles. The van der Waals surface area contributed by atoms with Crippen molar-refractivity contribution in [3.63, 3.8) is 0 Å². The van der Waals surface area contributed by atoms with Gasteiger partial charge in [0.15, 0.2) is 6.10 Å². The van der Waals surface area contributed by atoms with Gasteiger partial charge in [-0.3, -0.25) is 4.79 Å². The van der Waals surface area contributed by atoms with E-state index in [1.807, 2.05) is 43.5 Å². The number of hydrogen-bond donors (Lipinski definition) is 1. The minimum atomic E-state index is -0.721. The SMILES string of the molecule is Cc1cn(-c2ccccc2)nc1OC(C)C(=O)NCc1cccc(F)c1. The van der Waals surface area contributed by atoms with Crippen LogP contribution >= 0.6 is 0 Å². The van der Waals surface area contributed by atoms with E-state index in [1.54, 1.807) is 23.7 Å². The normalized spacial score (nSPS) is 11.8. The molecule has 134 valence electrons. The molecule has 0 saturated carbocycles. The summed E-state index contributed by atoms with van der Waals surface area (Å²) in [5.74, 6) is -0.215. The van der Waals surface area contributed by atoms with Crippen LogP contribution in [-0.4, -0.2) is 21.8 Å². The van der Waals surface area contributed by atoms with Crippen LogP contribution in [0.5, 0.6) is 5.88 Å². The lowest BCUT2D eigenvalue weighted by Crippen LogP contribution is -2.36. The molecule has 1 amide bonds. The van der Waals surface area contributed by atoms with Crippen molar-refractivity contribution in [3.05, 3.63) is 77.7 Å². The number of aryl methyl sites for hydroxylation is 1. The maximum atomic E-state index is 13.2. The summed E-state index contributed by atoms with van der Waals surface area (Å²) in [6.45, 7) is 3.77. The van der Waals surface area contributed by atoms with Gasteiger partial charge in [-0.2, -0.15) is 0 Å². The Balaban J connectivity index is 1.61. The van der Waals surface area contributed by atoms with Gasteiger partial charge < -0.3 is 10.1 Å². The number of rotatable bonds is 6. The molecule has 5 nitrogen and oxygen atoms in total. The lowest BCUT2D eigenvalue weighted by molar-refractivity contribution is -0.127. The lowest BCUT2D eigenvalue weighted by Gasteiger charge is -2.13. The molecule has 3 aromatic rings. The number of para-hydroxylation sites is 1. The molecule has 1 heterocycles. The summed E-state index contributed by atoms with van der Waals surface area (Å²) in [6, 6.07) is 15.8. The summed E-state index contributed by atoms with van der Waals surface area (Å²) >= 11 is 0. The van der Waals surface area contributed by atoms with E-state index in [0.29, 0.717) is 11.4 Å². The molecule has 0 saturated heterocycles. The molecular weight excluding hydrogens is 333 g/mol. The maximum Gasteiger partial charge on any atom is 0.261 e. The highest BCUT2D eigenvalue weighted by Crippen LogP contribution is 2.19. The summed E-state index contributed by atoms with van der Waals surface area (Å²) in [4.78, 5) is 12.2. The highest BCUT2D eigenvalue weighted by atomic mass is 19.1. The molecule has 3 rings (SSSR count). The number of halogens is 1. The Morgan fingerprint density at radius 3 is 2.73 bits per heavy atom. The van der Waals surface area contributed by atoms with Crippen molar-refractivity contribution in [2.75, 3.05) is 0 Å². The van der Waals surface area contributed by atoms with Gasteiger partial charge in [-0.1, -0.05) is 30.3 Å². The third-order valence-corrected chi connectivity index (χ3v) is 3.89. The number of carbonyl (C=O) groups is 1. The Hall–Kier alpha value is -3.15. The first kappa shape index (κ1) is 17.7. The van der Waals surface area contributed by atoms with E-state index in [2.05, 4.69) is 10.4 Å². The summed E-state index contributed by atoms with van der Waals surface area (Å²) in [6.07, 6.45) is 1.13. The zero-order valence-electron chi connectivity index (χ0n) is 14.6. The van der Waals surface area contributed by atoms with Crippen LogP contribution in [0.3, 0.4) is 0 Å². The Kier molecular flexibility index (Phi) is 5.31. The van der Waals surface area contributed by atoms with E-state index < -0.39 is 6.10 Å². The van der Waals surface area contributed by atoms with E-state index in [4.69, 9.17) is 4.74 Å². The Labute approximate surface area is 151 Å². The second-order valence-electron chi connectivity index (χ2n) is 6.01. The van der Waals surface area contributed by atoms with Crippen molar-refractivity contribution in [3.8, 4) is 11.6 Å². The number of amides is 1. The summed E-state index contributed by atoms with van der Waals surface area (Å²) < 4.78 is 20.6. The van der Waals surface area contributed by atoms with Gasteiger partial charge in [-0.25, -0.2) is 9.07 Å². The Morgan fingerprint density at radius 2 is 2.00 bits per heavy atom. The number of benzene rings is 2. The molecule has 1 unspecified atom stereocenters. The molecule has 0 aliphatic rings. The van der Waals surface area contributed by atoms with E-state index >= 15 is 0 Å². The summed E-state index contributed by atoms with van der Waals surface area (Å²) in [7, 11) is 0. The number of aromatic nitrogens is 2. The van der Waals surface area contributed by atoms with E-state index in [1.165, 1.54) is 12.1 Å². The highest BCUT2D eigenvalue weighted by Gasteiger charge is 2.18. The monoisotopic (exact) mass is 353 g/mol. The molecule has 0 spiro atoms. The van der Waals surface area contributed by atoms with Crippen LogP contribution in [0.15, 0.2) is 60.8 Å². The van der Waals surface area contributed by atoms with E-state index in [9.17, 15) is 9.18 Å². The van der Waals surface area contributed by atoms with Crippen LogP contribution in [0.4, 0.5) is 4.39 Å². The predicted molar refractivity (Wildman–Crippen MR) is 96.6 cm³/mol. The predicted octanol–water partition coefficient (Wildman–Crippen LogP) is 3.40. The number of nitrogens with one attached hydrogen (secondary N) is 1. The van der Waals surface area contributed by atoms with Crippen molar-refractivity contribution in [1.29, 1.82) is 0 Å². The molecule has 0 aliphatic heterocycles. The van der Waals surface area contributed by atoms with Crippen LogP contribution in [0.2, 0.25) is 0 Å². The van der Waals surface area contributed by atoms with Crippen molar-refractivity contribution in [2.45, 2.75) is 26.5 Å². The van der Waals surface area contributed by atoms with Crippen LogP contribution in [0, 0.1) is 12.7 Å². The third kappa shape index (κ3) is 4.27. The topological polar surface area (TPSA) is 56.2 Å². The molecule has 0 aliphatic carbocycles. The van der Waals surface area contributed by atoms with Gasteiger partial charge in [-0.05, 0) is 43.7 Å². The fourth-order valence-corrected chi connectivity index (χ4v) is 2.47. The molecule has 0 radical (unpaired) electrons. The fraction of sp³-hybridized carbons (Fsp3) is 0.200. The van der Waals surface area contributed by atoms with Crippen molar-refractivity contribution in [2.24, 2.45) is 0 Å². The minimum Gasteiger partial charge on any atom is -0.463 e. The second kappa shape index (κ2) is 7.82. The highest BCUT2D eigenvalue weighted by molar-refractivity contribution is 5.80. The van der Waals surface area contributed by atoms with E-state index in [-0.39, 0.29) is 18.3 Å². The number of nitrogens with zero attached hydrogens (tertiary/aromatic N) is 2. The maximum absolute atomic E-state index is 13.2. The van der Waals surface area contributed by atoms with Gasteiger partial charge in [0.1, 0.15) is 5.82 Å². The van der Waals surface area contributed by atoms with Crippen LogP contribution in [0.25, 0.3) is 5.69 Å². The lowest BCUT2D eigenvalue weighted by atomic mass is 10.2. The number of carbonyl (C=O) groups excluding carboxylic acids is 1. The minimum absolute atomic E-state index is 0.238. The van der Waals surface area contributed by atoms with Gasteiger partial charge in [0.25, 0.3) is 5.91 Å². The molecule has 2 aromatic carbocycles. The Bertz CT molecular complexity index is 893. The largest absolute Gasteiger partial charge is 0.463 e. The molecule has 0 fully saturated rings. The van der Waals surface area contributed by atoms with Gasteiger partial charge in [0.2, 0.25) is 5.88 Å².